The number of ether oxygens (including phenoxy) is 2. The Balaban J connectivity index is 2.11. The lowest BCUT2D eigenvalue weighted by Crippen LogP contribution is -2.26. The molecule has 0 aromatic carbocycles. The van der Waals surface area contributed by atoms with Crippen LogP contribution in [0, 0.1) is 0 Å². The maximum atomic E-state index is 11.5. The van der Waals surface area contributed by atoms with Gasteiger partial charge in [-0.05, 0) is 19.1 Å². The summed E-state index contributed by atoms with van der Waals surface area (Å²) in [6.07, 6.45) is 2.28. The summed E-state index contributed by atoms with van der Waals surface area (Å²) in [6, 6.07) is 2.82. The van der Waals surface area contributed by atoms with E-state index in [0.29, 0.717) is 12.4 Å². The molecule has 5 heteroatoms. The Morgan fingerprint density at radius 2 is 2.53 bits per heavy atom. The summed E-state index contributed by atoms with van der Waals surface area (Å²) in [5.74, 6) is 0.179. The van der Waals surface area contributed by atoms with Crippen LogP contribution < -0.4 is 0 Å². The summed E-state index contributed by atoms with van der Waals surface area (Å²) < 4.78 is 15.2. The van der Waals surface area contributed by atoms with Gasteiger partial charge in [0, 0.05) is 0 Å². The third-order valence-electron chi connectivity index (χ3n) is 2.07. The van der Waals surface area contributed by atoms with Crippen molar-refractivity contribution in [2.75, 3.05) is 6.61 Å². The molecule has 2 atom stereocenters. The number of rotatable bonds is 3. The van der Waals surface area contributed by atoms with Gasteiger partial charge in [-0.15, -0.1) is 0 Å². The molecule has 15 heavy (non-hydrogen) atoms. The van der Waals surface area contributed by atoms with Gasteiger partial charge >= 0.3 is 5.97 Å². The van der Waals surface area contributed by atoms with Crippen molar-refractivity contribution in [3.63, 3.8) is 0 Å². The first-order chi connectivity index (χ1) is 7.33. The third-order valence-corrected chi connectivity index (χ3v) is 2.07. The molecule has 80 valence electrons. The minimum atomic E-state index is -0.656. The zero-order valence-corrected chi connectivity index (χ0v) is 8.25. The van der Waals surface area contributed by atoms with Crippen LogP contribution in [0.15, 0.2) is 27.8 Å². The average Bonchev–Trinajstić information content (AvgIpc) is 2.88. The van der Waals surface area contributed by atoms with Crippen LogP contribution >= 0.6 is 0 Å². The maximum Gasteiger partial charge on any atom is 0.335 e. The first-order valence-corrected chi connectivity index (χ1v) is 4.70. The van der Waals surface area contributed by atoms with Gasteiger partial charge in [0.1, 0.15) is 5.76 Å². The summed E-state index contributed by atoms with van der Waals surface area (Å²) in [5.41, 5.74) is 0. The second-order valence-electron chi connectivity index (χ2n) is 3.02. The molecule has 0 saturated heterocycles. The number of hydrogen-bond acceptors (Lipinski definition) is 5. The van der Waals surface area contributed by atoms with E-state index in [-0.39, 0.29) is 0 Å². The van der Waals surface area contributed by atoms with Gasteiger partial charge in [0.2, 0.25) is 0 Å². The predicted octanol–water partition coefficient (Wildman–Crippen LogP) is 1.31. The van der Waals surface area contributed by atoms with Gasteiger partial charge in [-0.25, -0.2) is 9.79 Å². The molecule has 2 heterocycles. The van der Waals surface area contributed by atoms with Gasteiger partial charge in [0.05, 0.1) is 12.9 Å². The number of furan rings is 1. The molecule has 0 fully saturated rings. The van der Waals surface area contributed by atoms with Crippen molar-refractivity contribution in [1.29, 1.82) is 0 Å². The molecule has 0 radical (unpaired) electrons. The summed E-state index contributed by atoms with van der Waals surface area (Å²) in [4.78, 5) is 15.4. The molecule has 1 aliphatic rings. The number of hydrogen-bond donors (Lipinski definition) is 0. The van der Waals surface area contributed by atoms with Gasteiger partial charge in [-0.1, -0.05) is 0 Å². The number of aliphatic imine (C=N–C) groups is 1. The Kier molecular flexibility index (Phi) is 2.71. The highest BCUT2D eigenvalue weighted by Crippen LogP contribution is 2.27. The van der Waals surface area contributed by atoms with E-state index in [4.69, 9.17) is 13.9 Å². The average molecular weight is 209 g/mol. The zero-order valence-electron chi connectivity index (χ0n) is 8.25. The molecule has 2 unspecified atom stereocenters. The molecule has 0 N–H and O–H groups in total. The lowest BCUT2D eigenvalue weighted by molar-refractivity contribution is -0.146. The molecular weight excluding hydrogens is 198 g/mol. The minimum absolute atomic E-state index is 0.329. The molecule has 1 aromatic rings. The van der Waals surface area contributed by atoms with E-state index >= 15 is 0 Å². The van der Waals surface area contributed by atoms with Crippen molar-refractivity contribution in [3.05, 3.63) is 24.2 Å². The van der Waals surface area contributed by atoms with Crippen molar-refractivity contribution in [2.24, 2.45) is 4.99 Å². The first-order valence-electron chi connectivity index (χ1n) is 4.70. The van der Waals surface area contributed by atoms with Gasteiger partial charge < -0.3 is 13.9 Å². The van der Waals surface area contributed by atoms with E-state index in [1.54, 1.807) is 19.1 Å². The highest BCUT2D eigenvalue weighted by atomic mass is 16.5. The molecule has 0 saturated carbocycles. The maximum absolute atomic E-state index is 11.5. The van der Waals surface area contributed by atoms with Crippen LogP contribution in [0.5, 0.6) is 0 Å². The van der Waals surface area contributed by atoms with E-state index < -0.39 is 18.1 Å². The van der Waals surface area contributed by atoms with Crippen molar-refractivity contribution < 1.29 is 18.7 Å². The fourth-order valence-electron chi connectivity index (χ4n) is 1.41. The molecule has 0 bridgehead atoms. The van der Waals surface area contributed by atoms with Crippen LogP contribution in [0.3, 0.4) is 0 Å². The second-order valence-corrected chi connectivity index (χ2v) is 3.02. The number of carbonyl (C=O) groups excluding carboxylic acids is 1. The summed E-state index contributed by atoms with van der Waals surface area (Å²) >= 11 is 0. The van der Waals surface area contributed by atoms with Crippen LogP contribution in [-0.4, -0.2) is 25.0 Å². The highest BCUT2D eigenvalue weighted by Gasteiger charge is 2.36. The molecule has 0 spiro atoms. The fourth-order valence-corrected chi connectivity index (χ4v) is 1.41. The Bertz CT molecular complexity index is 358. The summed E-state index contributed by atoms with van der Waals surface area (Å²) in [7, 11) is 0. The van der Waals surface area contributed by atoms with E-state index in [0.717, 1.165) is 0 Å². The van der Waals surface area contributed by atoms with E-state index in [9.17, 15) is 4.79 Å². The van der Waals surface area contributed by atoms with Crippen LogP contribution in [0.1, 0.15) is 18.8 Å². The van der Waals surface area contributed by atoms with Crippen molar-refractivity contribution >= 4 is 12.4 Å². The standard InChI is InChI=1S/C10H11NO4/c1-2-13-10(12)8-9(15-6-11-8)7-4-3-5-14-7/h3-6,8-9H,2H2,1H3. The summed E-state index contributed by atoms with van der Waals surface area (Å²) in [5, 5.41) is 0. The molecule has 1 aromatic heterocycles. The normalized spacial score (nSPS) is 23.8. The van der Waals surface area contributed by atoms with Crippen LogP contribution in [0.4, 0.5) is 0 Å². The number of carbonyl (C=O) groups is 1. The highest BCUT2D eigenvalue weighted by molar-refractivity contribution is 5.80. The van der Waals surface area contributed by atoms with Crippen LogP contribution in [0.2, 0.25) is 0 Å². The van der Waals surface area contributed by atoms with Gasteiger partial charge in [0.25, 0.3) is 0 Å². The molecule has 5 nitrogen and oxygen atoms in total. The predicted molar refractivity (Wildman–Crippen MR) is 51.4 cm³/mol. The van der Waals surface area contributed by atoms with E-state index in [1.165, 1.54) is 12.7 Å². The molecule has 2 rings (SSSR count). The molecule has 0 aliphatic carbocycles. The van der Waals surface area contributed by atoms with E-state index in [2.05, 4.69) is 4.99 Å². The molecule has 1 aliphatic heterocycles. The van der Waals surface area contributed by atoms with E-state index in [1.807, 2.05) is 0 Å². The Labute approximate surface area is 86.7 Å². The Morgan fingerprint density at radius 3 is 3.20 bits per heavy atom. The van der Waals surface area contributed by atoms with Crippen molar-refractivity contribution in [2.45, 2.75) is 19.1 Å². The monoisotopic (exact) mass is 209 g/mol. The number of esters is 1. The Morgan fingerprint density at radius 1 is 1.67 bits per heavy atom. The van der Waals surface area contributed by atoms with Crippen molar-refractivity contribution in [1.82, 2.24) is 0 Å². The first kappa shape index (κ1) is 9.76. The fraction of sp³-hybridized carbons (Fsp3) is 0.400. The van der Waals surface area contributed by atoms with Gasteiger partial charge in [-0.2, -0.15) is 0 Å². The quantitative estimate of drug-likeness (QED) is 0.704. The van der Waals surface area contributed by atoms with Gasteiger partial charge in [0.15, 0.2) is 18.5 Å². The van der Waals surface area contributed by atoms with Crippen LogP contribution in [0.25, 0.3) is 0 Å². The molecule has 0 amide bonds. The third kappa shape index (κ3) is 1.86. The summed E-state index contributed by atoms with van der Waals surface area (Å²) in [6.45, 7) is 2.08. The molecular formula is C10H11NO4. The number of nitrogens with zero attached hydrogens (tertiary/aromatic N) is 1. The SMILES string of the molecule is CCOC(=O)C1N=COC1c1ccco1. The largest absolute Gasteiger partial charge is 0.469 e. The smallest absolute Gasteiger partial charge is 0.335 e. The zero-order chi connectivity index (χ0) is 10.7. The van der Waals surface area contributed by atoms with Gasteiger partial charge in [-0.3, -0.25) is 0 Å². The van der Waals surface area contributed by atoms with Crippen molar-refractivity contribution in [3.8, 4) is 0 Å². The lowest BCUT2D eigenvalue weighted by Gasteiger charge is -2.13. The lowest BCUT2D eigenvalue weighted by atomic mass is 10.1. The minimum Gasteiger partial charge on any atom is -0.469 e. The topological polar surface area (TPSA) is 61.0 Å². The van der Waals surface area contributed by atoms with Crippen LogP contribution in [-0.2, 0) is 14.3 Å². The Hall–Kier alpha value is -1.78. The second kappa shape index (κ2) is 4.16.